The average Bonchev–Trinajstić information content (AvgIpc) is 3.19. The first kappa shape index (κ1) is 28.3. The van der Waals surface area contributed by atoms with Gasteiger partial charge in [0.15, 0.2) is 0 Å². The van der Waals surface area contributed by atoms with Crippen molar-refractivity contribution in [3.05, 3.63) is 45.8 Å². The molecule has 10 heteroatoms. The van der Waals surface area contributed by atoms with Gasteiger partial charge in [0.25, 0.3) is 5.91 Å². The fraction of sp³-hybridized carbons (Fsp3) is 0.538. The first-order valence-corrected chi connectivity index (χ1v) is 14.6. The number of sulfonamides is 1. The maximum absolute atomic E-state index is 13.3. The number of fused-ring (bicyclic) bond motifs is 1. The molecule has 1 aromatic carbocycles. The topological polar surface area (TPSA) is 96.0 Å². The normalized spacial score (nSPS) is 14.4. The number of nitrogens with zero attached hydrogens (tertiary/aromatic N) is 2. The molecule has 2 aromatic rings. The van der Waals surface area contributed by atoms with Gasteiger partial charge in [0.2, 0.25) is 10.0 Å². The molecule has 198 valence electrons. The Bertz CT molecular complexity index is 1180. The van der Waals surface area contributed by atoms with Gasteiger partial charge < -0.3 is 10.1 Å². The number of hydrogen-bond donors (Lipinski definition) is 1. The standard InChI is InChI=1S/C26H37N3O5S2/c1-7-28-13-12-21-22(16-28)35-25(23(21)26(31)34-6)27-24(30)19-8-10-20(11-9-19)36(32,33)29(14-17(2)3)15-18(4)5/h8-11,17-18H,7,12-16H2,1-6H3,(H,27,30). The Hall–Kier alpha value is -2.27. The van der Waals surface area contributed by atoms with Crippen LogP contribution in [0.3, 0.4) is 0 Å². The number of carbonyl (C=O) groups is 2. The number of ether oxygens (including phenoxy) is 1. The molecular weight excluding hydrogens is 498 g/mol. The predicted octanol–water partition coefficient (Wildman–Crippen LogP) is 4.47. The first-order chi connectivity index (χ1) is 17.0. The van der Waals surface area contributed by atoms with Crippen LogP contribution in [0.25, 0.3) is 0 Å². The van der Waals surface area contributed by atoms with Crippen molar-refractivity contribution in [1.29, 1.82) is 0 Å². The van der Waals surface area contributed by atoms with Gasteiger partial charge in [-0.15, -0.1) is 11.3 Å². The van der Waals surface area contributed by atoms with Gasteiger partial charge in [0.1, 0.15) is 5.00 Å². The largest absolute Gasteiger partial charge is 0.465 e. The molecule has 0 bridgehead atoms. The third kappa shape index (κ3) is 6.34. The molecule has 0 fully saturated rings. The number of methoxy groups -OCH3 is 1. The van der Waals surface area contributed by atoms with Crippen LogP contribution in [0.5, 0.6) is 0 Å². The molecule has 1 aliphatic rings. The molecule has 36 heavy (non-hydrogen) atoms. The van der Waals surface area contributed by atoms with Crippen molar-refractivity contribution in [2.45, 2.75) is 52.5 Å². The summed E-state index contributed by atoms with van der Waals surface area (Å²) >= 11 is 1.39. The molecule has 2 heterocycles. The number of benzene rings is 1. The highest BCUT2D eigenvalue weighted by molar-refractivity contribution is 7.89. The Morgan fingerprint density at radius 1 is 1.11 bits per heavy atom. The first-order valence-electron chi connectivity index (χ1n) is 12.3. The number of anilines is 1. The van der Waals surface area contributed by atoms with Crippen LogP contribution in [0.2, 0.25) is 0 Å². The van der Waals surface area contributed by atoms with E-state index in [9.17, 15) is 18.0 Å². The molecule has 0 saturated heterocycles. The molecule has 0 unspecified atom stereocenters. The molecule has 1 N–H and O–H groups in total. The minimum absolute atomic E-state index is 0.154. The molecule has 3 rings (SSSR count). The number of esters is 1. The quantitative estimate of drug-likeness (QED) is 0.451. The summed E-state index contributed by atoms with van der Waals surface area (Å²) in [5.74, 6) is -0.497. The van der Waals surface area contributed by atoms with E-state index in [2.05, 4.69) is 17.1 Å². The van der Waals surface area contributed by atoms with Crippen LogP contribution in [-0.4, -0.2) is 62.8 Å². The molecule has 1 amide bonds. The van der Waals surface area contributed by atoms with Gasteiger partial charge >= 0.3 is 5.97 Å². The van der Waals surface area contributed by atoms with E-state index >= 15 is 0 Å². The summed E-state index contributed by atoms with van der Waals surface area (Å²) in [6.45, 7) is 13.4. The lowest BCUT2D eigenvalue weighted by Crippen LogP contribution is -2.37. The second-order valence-electron chi connectivity index (χ2n) is 9.91. The van der Waals surface area contributed by atoms with E-state index in [1.54, 1.807) is 0 Å². The highest BCUT2D eigenvalue weighted by atomic mass is 32.2. The van der Waals surface area contributed by atoms with E-state index in [1.807, 2.05) is 27.7 Å². The molecule has 0 radical (unpaired) electrons. The minimum atomic E-state index is -3.69. The zero-order chi connectivity index (χ0) is 26.6. The Kier molecular flexibility index (Phi) is 9.32. The van der Waals surface area contributed by atoms with Crippen LogP contribution in [0, 0.1) is 11.8 Å². The van der Waals surface area contributed by atoms with Gasteiger partial charge in [0.05, 0.1) is 17.6 Å². The number of rotatable bonds is 10. The van der Waals surface area contributed by atoms with Crippen LogP contribution in [0.1, 0.15) is 65.8 Å². The summed E-state index contributed by atoms with van der Waals surface area (Å²) in [6, 6.07) is 5.96. The van der Waals surface area contributed by atoms with Gasteiger partial charge in [-0.05, 0) is 54.6 Å². The second kappa shape index (κ2) is 11.9. The van der Waals surface area contributed by atoms with E-state index in [0.717, 1.165) is 36.5 Å². The van der Waals surface area contributed by atoms with Crippen molar-refractivity contribution in [3.63, 3.8) is 0 Å². The van der Waals surface area contributed by atoms with E-state index in [4.69, 9.17) is 4.74 Å². The van der Waals surface area contributed by atoms with Crippen LogP contribution < -0.4 is 5.32 Å². The van der Waals surface area contributed by atoms with Gasteiger partial charge in [0, 0.05) is 36.6 Å². The van der Waals surface area contributed by atoms with Gasteiger partial charge in [-0.2, -0.15) is 4.31 Å². The van der Waals surface area contributed by atoms with Crippen LogP contribution >= 0.6 is 11.3 Å². The molecule has 0 spiro atoms. The van der Waals surface area contributed by atoms with E-state index in [0.29, 0.717) is 29.2 Å². The predicted molar refractivity (Wildman–Crippen MR) is 143 cm³/mol. The maximum Gasteiger partial charge on any atom is 0.341 e. The number of carbonyl (C=O) groups excluding carboxylic acids is 2. The van der Waals surface area contributed by atoms with Crippen molar-refractivity contribution in [1.82, 2.24) is 9.21 Å². The molecule has 1 aliphatic heterocycles. The molecule has 8 nitrogen and oxygen atoms in total. The average molecular weight is 536 g/mol. The van der Waals surface area contributed by atoms with Crippen molar-refractivity contribution < 1.29 is 22.7 Å². The summed E-state index contributed by atoms with van der Waals surface area (Å²) in [6.07, 6.45) is 0.718. The van der Waals surface area contributed by atoms with Crippen molar-refractivity contribution in [3.8, 4) is 0 Å². The number of hydrogen-bond acceptors (Lipinski definition) is 7. The maximum atomic E-state index is 13.3. The fourth-order valence-corrected chi connectivity index (χ4v) is 7.36. The smallest absolute Gasteiger partial charge is 0.341 e. The Balaban J connectivity index is 1.84. The number of nitrogens with one attached hydrogen (secondary N) is 1. The van der Waals surface area contributed by atoms with E-state index in [1.165, 1.54) is 47.0 Å². The van der Waals surface area contributed by atoms with Crippen molar-refractivity contribution >= 4 is 38.2 Å². The monoisotopic (exact) mass is 535 g/mol. The van der Waals surface area contributed by atoms with Gasteiger partial charge in [-0.25, -0.2) is 13.2 Å². The SMILES string of the molecule is CCN1CCc2c(sc(NC(=O)c3ccc(S(=O)(=O)N(CC(C)C)CC(C)C)cc3)c2C(=O)OC)C1. The molecule has 0 aliphatic carbocycles. The van der Waals surface area contributed by atoms with Crippen LogP contribution in [-0.2, 0) is 27.7 Å². The van der Waals surface area contributed by atoms with Gasteiger partial charge in [-0.3, -0.25) is 9.69 Å². The highest BCUT2D eigenvalue weighted by Gasteiger charge is 2.30. The van der Waals surface area contributed by atoms with Gasteiger partial charge in [-0.1, -0.05) is 34.6 Å². The van der Waals surface area contributed by atoms with Crippen molar-refractivity contribution in [2.75, 3.05) is 38.6 Å². The molecule has 0 atom stereocenters. The summed E-state index contributed by atoms with van der Waals surface area (Å²) in [4.78, 5) is 29.1. The molecule has 1 aromatic heterocycles. The third-order valence-electron chi connectivity index (χ3n) is 6.09. The van der Waals surface area contributed by atoms with E-state index in [-0.39, 0.29) is 16.7 Å². The minimum Gasteiger partial charge on any atom is -0.465 e. The van der Waals surface area contributed by atoms with E-state index < -0.39 is 21.9 Å². The molecule has 0 saturated carbocycles. The summed E-state index contributed by atoms with van der Waals surface area (Å²) < 4.78 is 33.0. The Morgan fingerprint density at radius 3 is 2.25 bits per heavy atom. The summed E-state index contributed by atoms with van der Waals surface area (Å²) in [5, 5.41) is 3.33. The summed E-state index contributed by atoms with van der Waals surface area (Å²) in [7, 11) is -2.35. The lowest BCUT2D eigenvalue weighted by Gasteiger charge is -2.25. The number of thiophene rings is 1. The number of likely N-dealkylation sites (N-methyl/N-ethyl adjacent to an activating group) is 1. The zero-order valence-electron chi connectivity index (χ0n) is 22.0. The van der Waals surface area contributed by atoms with Crippen molar-refractivity contribution in [2.24, 2.45) is 11.8 Å². The zero-order valence-corrected chi connectivity index (χ0v) is 23.6. The Labute approximate surface area is 218 Å². The lowest BCUT2D eigenvalue weighted by molar-refractivity contribution is 0.0600. The van der Waals surface area contributed by atoms with Crippen LogP contribution in [0.4, 0.5) is 5.00 Å². The fourth-order valence-electron chi connectivity index (χ4n) is 4.32. The lowest BCUT2D eigenvalue weighted by atomic mass is 10.0. The second-order valence-corrected chi connectivity index (χ2v) is 12.9. The highest BCUT2D eigenvalue weighted by Crippen LogP contribution is 2.38. The number of amides is 1. The molecular formula is C26H37N3O5S2. The summed E-state index contributed by atoms with van der Waals surface area (Å²) in [5.41, 5.74) is 1.66. The Morgan fingerprint density at radius 2 is 1.72 bits per heavy atom. The van der Waals surface area contributed by atoms with Crippen LogP contribution in [0.15, 0.2) is 29.2 Å². The third-order valence-corrected chi connectivity index (χ3v) is 9.07.